The van der Waals surface area contributed by atoms with E-state index in [0.717, 1.165) is 13.0 Å². The maximum Gasteiger partial charge on any atom is 0.120 e. The minimum absolute atomic E-state index is 0.391. The number of thioether (sulfide) groups is 1. The summed E-state index contributed by atoms with van der Waals surface area (Å²) in [5.74, 6) is 1.17. The monoisotopic (exact) mass is 134 g/mol. The maximum absolute atomic E-state index is 4.72. The van der Waals surface area contributed by atoms with Gasteiger partial charge in [0.25, 0.3) is 0 Å². The summed E-state index contributed by atoms with van der Waals surface area (Å²) < 4.78 is 0. The average Bonchev–Trinajstić information content (AvgIpc) is 1.63. The predicted molar refractivity (Wildman–Crippen MR) is 33.8 cm³/mol. The van der Waals surface area contributed by atoms with Gasteiger partial charge in [-0.2, -0.15) is 11.8 Å². The summed E-state index contributed by atoms with van der Waals surface area (Å²) in [5.41, 5.74) is 0. The van der Waals surface area contributed by atoms with Gasteiger partial charge in [0.2, 0.25) is 0 Å². The van der Waals surface area contributed by atoms with E-state index in [1.807, 2.05) is 11.8 Å². The normalized spacial score (nSPS) is 27.4. The molecule has 48 valence electrons. The molecule has 0 radical (unpaired) electrons. The summed E-state index contributed by atoms with van der Waals surface area (Å²) in [6.45, 7) is 0.792. The Balaban J connectivity index is 1.86. The third-order valence-electron chi connectivity index (χ3n) is 1.10. The van der Waals surface area contributed by atoms with Crippen molar-refractivity contribution >= 4 is 11.8 Å². The summed E-state index contributed by atoms with van der Waals surface area (Å²) >= 11 is 1.84. The lowest BCUT2D eigenvalue weighted by Crippen LogP contribution is -2.31. The van der Waals surface area contributed by atoms with Gasteiger partial charge in [-0.1, -0.05) is 0 Å². The number of rotatable bonds is 3. The molecule has 0 aromatic heterocycles. The van der Waals surface area contributed by atoms with Crippen LogP contribution in [0.2, 0.25) is 0 Å². The second-order valence-electron chi connectivity index (χ2n) is 1.78. The van der Waals surface area contributed by atoms with Gasteiger partial charge in [-0.15, -0.1) is 0 Å². The van der Waals surface area contributed by atoms with Gasteiger partial charge in [-0.05, 0) is 18.4 Å². The molecule has 0 aliphatic carbocycles. The van der Waals surface area contributed by atoms with Gasteiger partial charge in [-0.3, -0.25) is 0 Å². The maximum atomic E-state index is 4.72. The minimum Gasteiger partial charge on any atom is -0.233 e. The Kier molecular flexibility index (Phi) is 2.66. The first kappa shape index (κ1) is 6.39. The lowest BCUT2D eigenvalue weighted by Gasteiger charge is -2.23. The van der Waals surface area contributed by atoms with Crippen LogP contribution in [0.4, 0.5) is 0 Å². The van der Waals surface area contributed by atoms with Crippen molar-refractivity contribution in [1.82, 2.24) is 0 Å². The van der Waals surface area contributed by atoms with Crippen molar-refractivity contribution in [1.29, 1.82) is 0 Å². The summed E-state index contributed by atoms with van der Waals surface area (Å²) in [7, 11) is 0. The van der Waals surface area contributed by atoms with Crippen LogP contribution in [0.15, 0.2) is 0 Å². The number of hydrogen-bond donors (Lipinski definition) is 0. The van der Waals surface area contributed by atoms with Crippen LogP contribution in [0.3, 0.4) is 0 Å². The average molecular weight is 134 g/mol. The van der Waals surface area contributed by atoms with Gasteiger partial charge in [-0.25, -0.2) is 9.78 Å². The molecule has 1 fully saturated rings. The topological polar surface area (TPSA) is 18.5 Å². The van der Waals surface area contributed by atoms with Crippen LogP contribution >= 0.6 is 11.8 Å². The third kappa shape index (κ3) is 1.65. The molecule has 2 nitrogen and oxygen atoms in total. The molecule has 1 saturated heterocycles. The fourth-order valence-corrected chi connectivity index (χ4v) is 1.04. The SMILES string of the molecule is CSCCC1COO1. The zero-order valence-electron chi connectivity index (χ0n) is 4.92. The summed E-state index contributed by atoms with van der Waals surface area (Å²) in [4.78, 5) is 9.24. The molecule has 3 heteroatoms. The molecule has 0 spiro atoms. The third-order valence-corrected chi connectivity index (χ3v) is 1.75. The molecule has 0 amide bonds. The van der Waals surface area contributed by atoms with Crippen molar-refractivity contribution < 1.29 is 9.78 Å². The highest BCUT2D eigenvalue weighted by molar-refractivity contribution is 7.98. The fourth-order valence-electron chi connectivity index (χ4n) is 0.545. The molecule has 8 heavy (non-hydrogen) atoms. The highest BCUT2D eigenvalue weighted by Crippen LogP contribution is 2.12. The quantitative estimate of drug-likeness (QED) is 0.538. The lowest BCUT2D eigenvalue weighted by atomic mass is 10.3. The van der Waals surface area contributed by atoms with Crippen molar-refractivity contribution in [2.75, 3.05) is 18.6 Å². The standard InChI is InChI=1S/C5H10O2S/c1-8-3-2-5-4-6-7-5/h5H,2-4H2,1H3. The second kappa shape index (κ2) is 3.33. The second-order valence-corrected chi connectivity index (χ2v) is 2.77. The molecular formula is C5H10O2S. The Labute approximate surface area is 53.5 Å². The highest BCUT2D eigenvalue weighted by Gasteiger charge is 2.18. The van der Waals surface area contributed by atoms with E-state index >= 15 is 0 Å². The van der Waals surface area contributed by atoms with Crippen LogP contribution in [0.1, 0.15) is 6.42 Å². The molecule has 0 aromatic rings. The summed E-state index contributed by atoms with van der Waals surface area (Å²) in [5, 5.41) is 0. The van der Waals surface area contributed by atoms with E-state index in [1.54, 1.807) is 0 Å². The van der Waals surface area contributed by atoms with E-state index in [0.29, 0.717) is 6.10 Å². The molecular weight excluding hydrogens is 124 g/mol. The smallest absolute Gasteiger partial charge is 0.120 e. The Morgan fingerprint density at radius 3 is 2.88 bits per heavy atom. The predicted octanol–water partition coefficient (Wildman–Crippen LogP) is 1.07. The van der Waals surface area contributed by atoms with Gasteiger partial charge < -0.3 is 0 Å². The Hall–Kier alpha value is 0.270. The van der Waals surface area contributed by atoms with Crippen molar-refractivity contribution in [2.24, 2.45) is 0 Å². The summed E-state index contributed by atoms with van der Waals surface area (Å²) in [6, 6.07) is 0. The van der Waals surface area contributed by atoms with E-state index in [-0.39, 0.29) is 0 Å². The highest BCUT2D eigenvalue weighted by atomic mass is 32.2. The Bertz CT molecular complexity index is 63.4. The van der Waals surface area contributed by atoms with Gasteiger partial charge in [0, 0.05) is 0 Å². The zero-order valence-corrected chi connectivity index (χ0v) is 5.74. The van der Waals surface area contributed by atoms with E-state index in [1.165, 1.54) is 5.75 Å². The molecule has 1 heterocycles. The first-order valence-electron chi connectivity index (χ1n) is 2.70. The number of hydrogen-bond acceptors (Lipinski definition) is 3. The molecule has 0 aromatic carbocycles. The first-order valence-corrected chi connectivity index (χ1v) is 4.10. The van der Waals surface area contributed by atoms with E-state index in [9.17, 15) is 0 Å². The van der Waals surface area contributed by atoms with Crippen LogP contribution in [0, 0.1) is 0 Å². The lowest BCUT2D eigenvalue weighted by molar-refractivity contribution is -0.424. The van der Waals surface area contributed by atoms with Crippen LogP contribution in [0.25, 0.3) is 0 Å². The van der Waals surface area contributed by atoms with Crippen molar-refractivity contribution in [3.8, 4) is 0 Å². The van der Waals surface area contributed by atoms with Crippen LogP contribution in [0.5, 0.6) is 0 Å². The van der Waals surface area contributed by atoms with Crippen molar-refractivity contribution in [3.63, 3.8) is 0 Å². The summed E-state index contributed by atoms with van der Waals surface area (Å²) in [6.07, 6.45) is 3.61. The van der Waals surface area contributed by atoms with Gasteiger partial charge in [0.1, 0.15) is 12.7 Å². The van der Waals surface area contributed by atoms with Gasteiger partial charge in [0.15, 0.2) is 0 Å². The Morgan fingerprint density at radius 2 is 2.50 bits per heavy atom. The van der Waals surface area contributed by atoms with E-state index in [2.05, 4.69) is 11.1 Å². The van der Waals surface area contributed by atoms with E-state index in [4.69, 9.17) is 4.89 Å². The molecule has 1 unspecified atom stereocenters. The molecule has 0 saturated carbocycles. The molecule has 1 aliphatic heterocycles. The zero-order chi connectivity index (χ0) is 5.82. The van der Waals surface area contributed by atoms with E-state index < -0.39 is 0 Å². The van der Waals surface area contributed by atoms with Crippen LogP contribution in [-0.4, -0.2) is 24.7 Å². The molecule has 1 atom stereocenters. The Morgan fingerprint density at radius 1 is 1.75 bits per heavy atom. The largest absolute Gasteiger partial charge is 0.233 e. The molecule has 0 bridgehead atoms. The van der Waals surface area contributed by atoms with Crippen LogP contribution in [-0.2, 0) is 9.78 Å². The van der Waals surface area contributed by atoms with Crippen LogP contribution < -0.4 is 0 Å². The molecule has 1 rings (SSSR count). The first-order chi connectivity index (χ1) is 3.93. The minimum atomic E-state index is 0.391. The van der Waals surface area contributed by atoms with Crippen molar-refractivity contribution in [2.45, 2.75) is 12.5 Å². The fraction of sp³-hybridized carbons (Fsp3) is 1.00. The van der Waals surface area contributed by atoms with Gasteiger partial charge >= 0.3 is 0 Å². The molecule has 1 aliphatic rings. The molecule has 0 N–H and O–H groups in total. The van der Waals surface area contributed by atoms with Crippen molar-refractivity contribution in [3.05, 3.63) is 0 Å². The van der Waals surface area contributed by atoms with Gasteiger partial charge in [0.05, 0.1) is 0 Å².